The van der Waals surface area contributed by atoms with Gasteiger partial charge >= 0.3 is 6.55 Å². The molecule has 1 aromatic heterocycles. The number of hydrogen-bond acceptors (Lipinski definition) is 2. The van der Waals surface area contributed by atoms with Gasteiger partial charge in [0.15, 0.2) is 0 Å². The van der Waals surface area contributed by atoms with Gasteiger partial charge in [0.05, 0.1) is 5.69 Å². The number of aromatic nitrogens is 2. The Morgan fingerprint density at radius 2 is 1.94 bits per heavy atom. The summed E-state index contributed by atoms with van der Waals surface area (Å²) in [5.74, 6) is 0. The van der Waals surface area contributed by atoms with Crippen LogP contribution < -0.4 is 0 Å². The molecular formula is C11H7F2N3. The zero-order chi connectivity index (χ0) is 11.5. The number of hydrogen-bond donors (Lipinski definition) is 0. The number of nitriles is 1. The minimum Gasteiger partial charge on any atom is -0.193 e. The molecule has 0 aliphatic carbocycles. The van der Waals surface area contributed by atoms with Gasteiger partial charge < -0.3 is 0 Å². The minimum atomic E-state index is -2.80. The second kappa shape index (κ2) is 4.11. The molecule has 3 nitrogen and oxygen atoms in total. The summed E-state index contributed by atoms with van der Waals surface area (Å²) in [4.78, 5) is 0. The van der Waals surface area contributed by atoms with E-state index in [9.17, 15) is 8.78 Å². The fourth-order valence-corrected chi connectivity index (χ4v) is 1.38. The van der Waals surface area contributed by atoms with Crippen LogP contribution in [0.5, 0.6) is 0 Å². The van der Waals surface area contributed by atoms with Crippen molar-refractivity contribution in [3.8, 4) is 17.3 Å². The third kappa shape index (κ3) is 1.77. The molecule has 2 rings (SSSR count). The van der Waals surface area contributed by atoms with Crippen LogP contribution in [0.2, 0.25) is 0 Å². The summed E-state index contributed by atoms with van der Waals surface area (Å²) in [6.45, 7) is -2.80. The fraction of sp³-hybridized carbons (Fsp3) is 0.0909. The highest BCUT2D eigenvalue weighted by Crippen LogP contribution is 2.21. The maximum atomic E-state index is 12.5. The molecule has 0 N–H and O–H groups in total. The zero-order valence-corrected chi connectivity index (χ0v) is 8.14. The topological polar surface area (TPSA) is 41.6 Å². The van der Waals surface area contributed by atoms with E-state index >= 15 is 0 Å². The first-order valence-electron chi connectivity index (χ1n) is 4.55. The Bertz CT molecular complexity index is 526. The predicted octanol–water partition coefficient (Wildman–Crippen LogP) is 2.82. The molecule has 0 aliphatic rings. The lowest BCUT2D eigenvalue weighted by atomic mass is 10.1. The van der Waals surface area contributed by atoms with Gasteiger partial charge in [-0.05, 0) is 0 Å². The molecule has 1 heterocycles. The molecule has 0 bridgehead atoms. The Labute approximate surface area is 90.5 Å². The molecule has 0 amide bonds. The van der Waals surface area contributed by atoms with Crippen LogP contribution in [0.1, 0.15) is 12.2 Å². The van der Waals surface area contributed by atoms with Crippen LogP contribution in [0.3, 0.4) is 0 Å². The van der Waals surface area contributed by atoms with E-state index in [1.54, 1.807) is 30.3 Å². The number of benzene rings is 1. The third-order valence-corrected chi connectivity index (χ3v) is 2.10. The van der Waals surface area contributed by atoms with Gasteiger partial charge in [-0.3, -0.25) is 0 Å². The van der Waals surface area contributed by atoms with Gasteiger partial charge in [-0.2, -0.15) is 23.8 Å². The first kappa shape index (κ1) is 10.3. The molecule has 0 atom stereocenters. The van der Waals surface area contributed by atoms with Crippen molar-refractivity contribution in [1.82, 2.24) is 9.78 Å². The summed E-state index contributed by atoms with van der Waals surface area (Å²) in [6.07, 6.45) is 0. The van der Waals surface area contributed by atoms with E-state index in [-0.39, 0.29) is 5.69 Å². The number of nitrogens with zero attached hydrogens (tertiary/aromatic N) is 3. The maximum absolute atomic E-state index is 12.5. The molecule has 0 fully saturated rings. The Balaban J connectivity index is 2.49. The Morgan fingerprint density at radius 1 is 1.25 bits per heavy atom. The van der Waals surface area contributed by atoms with E-state index < -0.39 is 6.55 Å². The highest BCUT2D eigenvalue weighted by molar-refractivity contribution is 5.60. The smallest absolute Gasteiger partial charge is 0.193 e. The van der Waals surface area contributed by atoms with Gasteiger partial charge in [0.1, 0.15) is 11.8 Å². The van der Waals surface area contributed by atoms with Crippen molar-refractivity contribution in [3.63, 3.8) is 0 Å². The molecule has 16 heavy (non-hydrogen) atoms. The molecular weight excluding hydrogens is 212 g/mol. The van der Waals surface area contributed by atoms with Crippen molar-refractivity contribution in [2.45, 2.75) is 6.55 Å². The molecule has 0 saturated heterocycles. The molecule has 0 unspecified atom stereocenters. The summed E-state index contributed by atoms with van der Waals surface area (Å²) in [5.41, 5.74) is 0.935. The monoisotopic (exact) mass is 219 g/mol. The average Bonchev–Trinajstić information content (AvgIpc) is 2.74. The Hall–Kier alpha value is -2.22. The van der Waals surface area contributed by atoms with Crippen LogP contribution in [0.15, 0.2) is 36.4 Å². The Morgan fingerprint density at radius 3 is 2.44 bits per heavy atom. The van der Waals surface area contributed by atoms with Gasteiger partial charge in [-0.1, -0.05) is 30.3 Å². The van der Waals surface area contributed by atoms with Crippen LogP contribution in [-0.4, -0.2) is 9.78 Å². The van der Waals surface area contributed by atoms with Crippen molar-refractivity contribution < 1.29 is 8.78 Å². The van der Waals surface area contributed by atoms with E-state index in [1.165, 1.54) is 6.07 Å². The van der Waals surface area contributed by atoms with E-state index in [0.717, 1.165) is 0 Å². The second-order valence-electron chi connectivity index (χ2n) is 3.11. The second-order valence-corrected chi connectivity index (χ2v) is 3.11. The molecule has 0 spiro atoms. The summed E-state index contributed by atoms with van der Waals surface area (Å²) in [6, 6.07) is 11.9. The van der Waals surface area contributed by atoms with Crippen LogP contribution in [0.4, 0.5) is 8.78 Å². The van der Waals surface area contributed by atoms with Crippen molar-refractivity contribution in [2.75, 3.05) is 0 Å². The molecule has 2 aromatic rings. The first-order chi connectivity index (χ1) is 7.72. The summed E-state index contributed by atoms with van der Waals surface area (Å²) >= 11 is 0. The summed E-state index contributed by atoms with van der Waals surface area (Å²) in [5, 5.41) is 12.4. The predicted molar refractivity (Wildman–Crippen MR) is 53.6 cm³/mol. The number of alkyl halides is 2. The number of rotatable bonds is 2. The average molecular weight is 219 g/mol. The normalized spacial score (nSPS) is 10.4. The molecule has 5 heteroatoms. The van der Waals surface area contributed by atoms with Crippen molar-refractivity contribution >= 4 is 0 Å². The third-order valence-electron chi connectivity index (χ3n) is 2.10. The number of halogens is 2. The van der Waals surface area contributed by atoms with Crippen LogP contribution >= 0.6 is 0 Å². The van der Waals surface area contributed by atoms with Crippen molar-refractivity contribution in [2.24, 2.45) is 0 Å². The largest absolute Gasteiger partial charge is 0.334 e. The zero-order valence-electron chi connectivity index (χ0n) is 8.14. The van der Waals surface area contributed by atoms with Crippen molar-refractivity contribution in [1.29, 1.82) is 5.26 Å². The standard InChI is InChI=1S/C11H7F2N3/c12-11(13)16-9(7-14)6-10(15-16)8-4-2-1-3-5-8/h1-6,11H. The van der Waals surface area contributed by atoms with Gasteiger partial charge in [0.2, 0.25) is 0 Å². The highest BCUT2D eigenvalue weighted by atomic mass is 19.3. The van der Waals surface area contributed by atoms with Crippen molar-refractivity contribution in [3.05, 3.63) is 42.1 Å². The fourth-order valence-electron chi connectivity index (χ4n) is 1.38. The molecule has 80 valence electrons. The lowest BCUT2D eigenvalue weighted by Crippen LogP contribution is -2.02. The van der Waals surface area contributed by atoms with Gasteiger partial charge in [-0.15, -0.1) is 0 Å². The molecule has 1 aromatic carbocycles. The van der Waals surface area contributed by atoms with Gasteiger partial charge in [0, 0.05) is 11.6 Å². The van der Waals surface area contributed by atoms with Gasteiger partial charge in [-0.25, -0.2) is 0 Å². The maximum Gasteiger partial charge on any atom is 0.334 e. The summed E-state index contributed by atoms with van der Waals surface area (Å²) in [7, 11) is 0. The van der Waals surface area contributed by atoms with E-state index in [1.807, 2.05) is 6.07 Å². The van der Waals surface area contributed by atoms with E-state index in [2.05, 4.69) is 5.10 Å². The van der Waals surface area contributed by atoms with Crippen LogP contribution in [0, 0.1) is 11.3 Å². The van der Waals surface area contributed by atoms with Gasteiger partial charge in [0.25, 0.3) is 0 Å². The van der Waals surface area contributed by atoms with Crippen LogP contribution in [-0.2, 0) is 0 Å². The molecule has 0 radical (unpaired) electrons. The van der Waals surface area contributed by atoms with Crippen LogP contribution in [0.25, 0.3) is 11.3 Å². The first-order valence-corrected chi connectivity index (χ1v) is 4.55. The quantitative estimate of drug-likeness (QED) is 0.779. The SMILES string of the molecule is N#Cc1cc(-c2ccccc2)nn1C(F)F. The summed E-state index contributed by atoms with van der Waals surface area (Å²) < 4.78 is 25.4. The highest BCUT2D eigenvalue weighted by Gasteiger charge is 2.15. The van der Waals surface area contributed by atoms with E-state index in [0.29, 0.717) is 15.9 Å². The lowest BCUT2D eigenvalue weighted by molar-refractivity contribution is 0.0559. The Kier molecular flexibility index (Phi) is 2.64. The molecule has 0 aliphatic heterocycles. The lowest BCUT2D eigenvalue weighted by Gasteiger charge is -1.98. The minimum absolute atomic E-state index is 0.145. The molecule has 0 saturated carbocycles. The van der Waals surface area contributed by atoms with E-state index in [4.69, 9.17) is 5.26 Å².